The van der Waals surface area contributed by atoms with Crippen LogP contribution in [0.15, 0.2) is 36.4 Å². The van der Waals surface area contributed by atoms with Gasteiger partial charge in [0.15, 0.2) is 5.78 Å². The quantitative estimate of drug-likeness (QED) is 0.692. The van der Waals surface area contributed by atoms with Gasteiger partial charge in [-0.25, -0.2) is 4.39 Å². The lowest BCUT2D eigenvalue weighted by molar-refractivity contribution is 0.0747. The summed E-state index contributed by atoms with van der Waals surface area (Å²) in [5, 5.41) is 21.6. The van der Waals surface area contributed by atoms with Gasteiger partial charge in [-0.15, -0.1) is 0 Å². The number of aliphatic hydroxyl groups excluding tert-OH is 1. The molecule has 0 spiro atoms. The van der Waals surface area contributed by atoms with Gasteiger partial charge in [-0.3, -0.25) is 9.59 Å². The van der Waals surface area contributed by atoms with Crippen LogP contribution in [-0.2, 0) is 0 Å². The Labute approximate surface area is 180 Å². The minimum atomic E-state index is -0.460. The highest BCUT2D eigenvalue weighted by Gasteiger charge is 2.26. The molecule has 1 saturated heterocycles. The van der Waals surface area contributed by atoms with E-state index in [1.807, 2.05) is 11.0 Å². The number of anilines is 2. The van der Waals surface area contributed by atoms with E-state index < -0.39 is 5.82 Å². The summed E-state index contributed by atoms with van der Waals surface area (Å²) in [5.74, 6) is -0.879. The first-order valence-electron chi connectivity index (χ1n) is 10.1. The Morgan fingerprint density at radius 2 is 1.90 bits per heavy atom. The van der Waals surface area contributed by atoms with E-state index in [4.69, 9.17) is 0 Å². The number of ketones is 1. The fourth-order valence-corrected chi connectivity index (χ4v) is 3.53. The van der Waals surface area contributed by atoms with E-state index in [1.54, 1.807) is 42.2 Å². The molecule has 2 aromatic carbocycles. The molecular weight excluding hydrogens is 399 g/mol. The molecule has 2 N–H and O–H groups in total. The number of carbonyl (C=O) groups is 2. The number of nitrogens with one attached hydrogen (secondary N) is 1. The van der Waals surface area contributed by atoms with Crippen LogP contribution >= 0.6 is 0 Å². The first-order valence-corrected chi connectivity index (χ1v) is 10.1. The van der Waals surface area contributed by atoms with Crippen LogP contribution in [0.1, 0.15) is 40.1 Å². The summed E-state index contributed by atoms with van der Waals surface area (Å²) >= 11 is 0. The summed E-state index contributed by atoms with van der Waals surface area (Å²) in [4.78, 5) is 28.1. The summed E-state index contributed by atoms with van der Waals surface area (Å²) < 4.78 is 14.5. The van der Waals surface area contributed by atoms with E-state index >= 15 is 0 Å². The molecule has 0 aromatic heterocycles. The van der Waals surface area contributed by atoms with Crippen molar-refractivity contribution in [3.8, 4) is 6.07 Å². The van der Waals surface area contributed by atoms with Crippen molar-refractivity contribution in [3.63, 3.8) is 0 Å². The lowest BCUT2D eigenvalue weighted by Crippen LogP contribution is -2.49. The van der Waals surface area contributed by atoms with Gasteiger partial charge in [-0.05, 0) is 50.2 Å². The highest BCUT2D eigenvalue weighted by Crippen LogP contribution is 2.25. The molecule has 1 fully saturated rings. The molecular formula is C23H25FN4O3. The van der Waals surface area contributed by atoms with Gasteiger partial charge in [0.2, 0.25) is 0 Å². The smallest absolute Gasteiger partial charge is 0.256 e. The Bertz CT molecular complexity index is 1030. The number of hydrogen-bond acceptors (Lipinski definition) is 6. The fourth-order valence-electron chi connectivity index (χ4n) is 3.53. The van der Waals surface area contributed by atoms with Crippen molar-refractivity contribution in [1.82, 2.24) is 4.90 Å². The van der Waals surface area contributed by atoms with Gasteiger partial charge in [-0.2, -0.15) is 5.26 Å². The first-order chi connectivity index (χ1) is 14.8. The number of halogens is 1. The lowest BCUT2D eigenvalue weighted by atomic mass is 10.1. The summed E-state index contributed by atoms with van der Waals surface area (Å²) in [7, 11) is 0. The van der Waals surface area contributed by atoms with E-state index in [2.05, 4.69) is 5.32 Å². The molecule has 1 amide bonds. The van der Waals surface area contributed by atoms with E-state index in [1.165, 1.54) is 13.0 Å². The Morgan fingerprint density at radius 3 is 2.48 bits per heavy atom. The largest absolute Gasteiger partial charge is 0.394 e. The molecule has 1 aliphatic heterocycles. The monoisotopic (exact) mass is 424 g/mol. The summed E-state index contributed by atoms with van der Waals surface area (Å²) in [6, 6.07) is 11.1. The minimum absolute atomic E-state index is 0.0969. The van der Waals surface area contributed by atoms with Gasteiger partial charge in [0.05, 0.1) is 29.5 Å². The van der Waals surface area contributed by atoms with Crippen molar-refractivity contribution in [2.24, 2.45) is 0 Å². The minimum Gasteiger partial charge on any atom is -0.394 e. The van der Waals surface area contributed by atoms with Crippen LogP contribution < -0.4 is 10.2 Å². The standard InChI is InChI=1S/C23H25FN4O3/c1-15(14-29)26-21-5-3-17(13-25)11-19(21)23(31)28-9-7-27(8-10-28)22-6-4-18(16(2)30)12-20(22)24/h3-6,11-12,15,26,29H,7-10,14H2,1-2H3. The maximum Gasteiger partial charge on any atom is 0.256 e. The van der Waals surface area contributed by atoms with Crippen LogP contribution in [0, 0.1) is 17.1 Å². The Hall–Kier alpha value is -3.44. The molecule has 7 nitrogen and oxygen atoms in total. The number of hydrogen-bond donors (Lipinski definition) is 2. The maximum absolute atomic E-state index is 14.5. The van der Waals surface area contributed by atoms with Crippen molar-refractivity contribution in [2.45, 2.75) is 19.9 Å². The third kappa shape index (κ3) is 5.01. The van der Waals surface area contributed by atoms with Crippen LogP contribution in [-0.4, -0.2) is 60.5 Å². The van der Waals surface area contributed by atoms with Gasteiger partial charge < -0.3 is 20.2 Å². The van der Waals surface area contributed by atoms with Crippen molar-refractivity contribution < 1.29 is 19.1 Å². The molecule has 0 aliphatic carbocycles. The van der Waals surface area contributed by atoms with Gasteiger partial charge in [0, 0.05) is 43.5 Å². The third-order valence-corrected chi connectivity index (χ3v) is 5.32. The number of carbonyl (C=O) groups excluding carboxylic acids is 2. The number of nitrogens with zero attached hydrogens (tertiary/aromatic N) is 3. The highest BCUT2D eigenvalue weighted by atomic mass is 19.1. The molecule has 1 atom stereocenters. The molecule has 2 aromatic rings. The number of benzene rings is 2. The fraction of sp³-hybridized carbons (Fsp3) is 0.348. The summed E-state index contributed by atoms with van der Waals surface area (Å²) in [5.41, 5.74) is 2.02. The zero-order valence-electron chi connectivity index (χ0n) is 17.6. The zero-order chi connectivity index (χ0) is 22.5. The van der Waals surface area contributed by atoms with Crippen molar-refractivity contribution in [1.29, 1.82) is 5.26 Å². The van der Waals surface area contributed by atoms with Crippen molar-refractivity contribution in [2.75, 3.05) is 43.0 Å². The molecule has 162 valence electrons. The van der Waals surface area contributed by atoms with Crippen molar-refractivity contribution in [3.05, 3.63) is 58.9 Å². The Morgan fingerprint density at radius 1 is 1.19 bits per heavy atom. The van der Waals surface area contributed by atoms with Gasteiger partial charge in [0.25, 0.3) is 5.91 Å². The molecule has 1 unspecified atom stereocenters. The van der Waals surface area contributed by atoms with Gasteiger partial charge in [0.1, 0.15) is 5.82 Å². The average molecular weight is 424 g/mol. The van der Waals surface area contributed by atoms with E-state index in [9.17, 15) is 24.3 Å². The lowest BCUT2D eigenvalue weighted by Gasteiger charge is -2.36. The highest BCUT2D eigenvalue weighted by molar-refractivity contribution is 6.00. The van der Waals surface area contributed by atoms with E-state index in [0.717, 1.165) is 0 Å². The SMILES string of the molecule is CC(=O)c1ccc(N2CCN(C(=O)c3cc(C#N)ccc3NC(C)CO)CC2)c(F)c1. The molecule has 1 aliphatic rings. The zero-order valence-corrected chi connectivity index (χ0v) is 17.6. The number of Topliss-reactive ketones (excluding diaryl/α,β-unsaturated/α-hetero) is 1. The second kappa shape index (κ2) is 9.58. The molecule has 0 saturated carbocycles. The third-order valence-electron chi connectivity index (χ3n) is 5.32. The summed E-state index contributed by atoms with van der Waals surface area (Å²) in [6.07, 6.45) is 0. The summed E-state index contributed by atoms with van der Waals surface area (Å²) in [6.45, 7) is 4.74. The molecule has 1 heterocycles. The number of amides is 1. The Balaban J connectivity index is 1.75. The van der Waals surface area contributed by atoms with Gasteiger partial charge in [-0.1, -0.05) is 0 Å². The first kappa shape index (κ1) is 22.2. The normalized spacial score (nSPS) is 14.7. The van der Waals surface area contributed by atoms with Crippen molar-refractivity contribution >= 4 is 23.1 Å². The number of rotatable bonds is 6. The molecule has 8 heteroatoms. The molecule has 3 rings (SSSR count). The number of piperazine rings is 1. The van der Waals surface area contributed by atoms with E-state index in [-0.39, 0.29) is 24.3 Å². The topological polar surface area (TPSA) is 96.7 Å². The number of aliphatic hydroxyl groups is 1. The number of nitriles is 1. The van der Waals surface area contributed by atoms with Crippen LogP contribution in [0.3, 0.4) is 0 Å². The second-order valence-corrected chi connectivity index (χ2v) is 7.60. The predicted molar refractivity (Wildman–Crippen MR) is 116 cm³/mol. The Kier molecular flexibility index (Phi) is 6.88. The predicted octanol–water partition coefficient (Wildman–Crippen LogP) is 2.66. The second-order valence-electron chi connectivity index (χ2n) is 7.60. The van der Waals surface area contributed by atoms with Gasteiger partial charge >= 0.3 is 0 Å². The molecule has 31 heavy (non-hydrogen) atoms. The van der Waals surface area contributed by atoms with Crippen LogP contribution in [0.2, 0.25) is 0 Å². The van der Waals surface area contributed by atoms with Crippen LogP contribution in [0.25, 0.3) is 0 Å². The molecule has 0 bridgehead atoms. The van der Waals surface area contributed by atoms with Crippen LogP contribution in [0.5, 0.6) is 0 Å². The maximum atomic E-state index is 14.5. The molecule has 0 radical (unpaired) electrons. The average Bonchev–Trinajstić information content (AvgIpc) is 2.78. The van der Waals surface area contributed by atoms with E-state index in [0.29, 0.717) is 54.2 Å². The van der Waals surface area contributed by atoms with Crippen LogP contribution in [0.4, 0.5) is 15.8 Å².